The molecule has 4 N–H and O–H groups in total. The Morgan fingerprint density at radius 1 is 0.529 bits per heavy atom. The van der Waals surface area contributed by atoms with Gasteiger partial charge in [-0.15, -0.1) is 0 Å². The fourth-order valence-corrected chi connectivity index (χ4v) is 7.21. The molecule has 0 aromatic heterocycles. The Kier molecular flexibility index (Phi) is 17.8. The molecule has 4 aromatic rings. The molecule has 280 valence electrons. The summed E-state index contributed by atoms with van der Waals surface area (Å²) in [4.78, 5) is 14.2. The average molecular weight is 755 g/mol. The standard InChI is InChI=1S/C42H54O2S.2H3O2P/c1-27-29(3)39(43)37(41(5,6)7)25-35(27)23-33-17-13-11-15-31(33)19-21-45-22-20-32-16-12-14-18-34(32)24-36-26-38(42(8,9)10)40(44)30(4)28(36)2;2*1-3-2/h11-18,25-26,43-44H,19-24H2,1-10H3;2*3H2,(H,1,2). The van der Waals surface area contributed by atoms with Crippen LogP contribution in [0.4, 0.5) is 0 Å². The Balaban J connectivity index is 0.00000140. The van der Waals surface area contributed by atoms with Crippen molar-refractivity contribution in [3.8, 4) is 11.5 Å². The van der Waals surface area contributed by atoms with E-state index >= 15 is 0 Å². The summed E-state index contributed by atoms with van der Waals surface area (Å²) in [6, 6.07) is 22.2. The quantitative estimate of drug-likeness (QED) is 0.0942. The van der Waals surface area contributed by atoms with E-state index in [2.05, 4.69) is 116 Å². The highest BCUT2D eigenvalue weighted by atomic mass is 32.2. The van der Waals surface area contributed by atoms with Crippen molar-refractivity contribution in [1.29, 1.82) is 0 Å². The lowest BCUT2D eigenvalue weighted by atomic mass is 9.81. The third-order valence-electron chi connectivity index (χ3n) is 9.59. The van der Waals surface area contributed by atoms with Gasteiger partial charge in [-0.1, -0.05) is 102 Å². The highest BCUT2D eigenvalue weighted by Gasteiger charge is 2.23. The predicted molar refractivity (Wildman–Crippen MR) is 221 cm³/mol. The van der Waals surface area contributed by atoms with Crippen LogP contribution in [0.5, 0.6) is 11.5 Å². The molecule has 0 bridgehead atoms. The van der Waals surface area contributed by atoms with Crippen LogP contribution in [0.3, 0.4) is 0 Å². The maximum atomic E-state index is 10.9. The van der Waals surface area contributed by atoms with E-state index in [9.17, 15) is 10.2 Å². The molecule has 0 aliphatic heterocycles. The Labute approximate surface area is 313 Å². The zero-order chi connectivity index (χ0) is 38.5. The maximum Gasteiger partial charge on any atom is 0.177 e. The molecule has 6 nitrogen and oxygen atoms in total. The van der Waals surface area contributed by atoms with Gasteiger partial charge in [0.15, 0.2) is 17.4 Å². The first kappa shape index (κ1) is 44.4. The summed E-state index contributed by atoms with van der Waals surface area (Å²) >= 11 is 2.03. The van der Waals surface area contributed by atoms with Crippen molar-refractivity contribution in [3.05, 3.63) is 127 Å². The first-order chi connectivity index (χ1) is 23.9. The summed E-state index contributed by atoms with van der Waals surface area (Å²) in [6.45, 7) is 21.4. The van der Waals surface area contributed by atoms with Crippen molar-refractivity contribution in [2.45, 2.75) is 106 Å². The fraction of sp³-hybridized carbons (Fsp3) is 0.429. The SMILES string of the molecule is Cc1c(Cc2ccccc2CCSCCc2ccccc2Cc2cc(C(C)(C)C)c(O)c(C)c2C)cc(C(C)(C)C)c(O)c1C.O=[PH2]O.O=[PH2]O. The van der Waals surface area contributed by atoms with Gasteiger partial charge in [0, 0.05) is 0 Å². The van der Waals surface area contributed by atoms with Crippen LogP contribution < -0.4 is 0 Å². The van der Waals surface area contributed by atoms with E-state index in [4.69, 9.17) is 18.9 Å². The summed E-state index contributed by atoms with van der Waals surface area (Å²) in [5.41, 5.74) is 14.4. The van der Waals surface area contributed by atoms with Gasteiger partial charge in [-0.2, -0.15) is 11.8 Å². The molecular weight excluding hydrogens is 694 g/mol. The van der Waals surface area contributed by atoms with Crippen LogP contribution >= 0.6 is 29.1 Å². The largest absolute Gasteiger partial charge is 0.507 e. The number of aromatic hydroxyl groups is 2. The number of benzene rings is 4. The highest BCUT2D eigenvalue weighted by Crippen LogP contribution is 2.38. The molecule has 0 amide bonds. The Morgan fingerprint density at radius 2 is 0.824 bits per heavy atom. The second-order valence-corrected chi connectivity index (χ2v) is 16.7. The summed E-state index contributed by atoms with van der Waals surface area (Å²) in [5, 5.41) is 21.7. The Bertz CT molecular complexity index is 1640. The molecule has 0 heterocycles. The smallest absolute Gasteiger partial charge is 0.177 e. The third kappa shape index (κ3) is 12.7. The summed E-state index contributed by atoms with van der Waals surface area (Å²) in [5.74, 6) is 3.06. The Hall–Kier alpha value is -2.79. The van der Waals surface area contributed by atoms with E-state index in [1.807, 2.05) is 25.6 Å². The van der Waals surface area contributed by atoms with Gasteiger partial charge in [0.2, 0.25) is 0 Å². The number of hydrogen-bond donors (Lipinski definition) is 4. The van der Waals surface area contributed by atoms with Crippen molar-refractivity contribution >= 4 is 29.1 Å². The zero-order valence-electron chi connectivity index (χ0n) is 32.2. The molecule has 2 atom stereocenters. The topological polar surface area (TPSA) is 115 Å². The van der Waals surface area contributed by atoms with Gasteiger partial charge in [0.05, 0.1) is 0 Å². The zero-order valence-corrected chi connectivity index (χ0v) is 35.3. The van der Waals surface area contributed by atoms with Crippen molar-refractivity contribution in [3.63, 3.8) is 0 Å². The molecule has 0 saturated heterocycles. The molecule has 0 aliphatic carbocycles. The van der Waals surface area contributed by atoms with Gasteiger partial charge in [-0.25, -0.2) is 0 Å². The minimum atomic E-state index is -1.50. The summed E-state index contributed by atoms with van der Waals surface area (Å²) in [6.07, 6.45) is 3.87. The fourth-order valence-electron chi connectivity index (χ4n) is 6.28. The van der Waals surface area contributed by atoms with Crippen LogP contribution in [0.1, 0.15) is 108 Å². The van der Waals surface area contributed by atoms with Gasteiger partial charge in [-0.3, -0.25) is 9.13 Å². The molecule has 9 heteroatoms. The van der Waals surface area contributed by atoms with Crippen LogP contribution in [-0.2, 0) is 45.6 Å². The van der Waals surface area contributed by atoms with E-state index in [0.29, 0.717) is 11.5 Å². The lowest BCUT2D eigenvalue weighted by Gasteiger charge is -2.24. The number of phenols is 2. The number of rotatable bonds is 10. The lowest BCUT2D eigenvalue weighted by molar-refractivity contribution is 0.441. The van der Waals surface area contributed by atoms with Gasteiger partial charge >= 0.3 is 0 Å². The van der Waals surface area contributed by atoms with E-state index in [1.165, 1.54) is 44.5 Å². The molecule has 0 fully saturated rings. The number of thioether (sulfide) groups is 1. The molecule has 4 aromatic carbocycles. The maximum absolute atomic E-state index is 10.9. The molecule has 51 heavy (non-hydrogen) atoms. The number of phenolic OH excluding ortho intramolecular Hbond substituents is 2. The first-order valence-corrected chi connectivity index (χ1v) is 20.6. The summed E-state index contributed by atoms with van der Waals surface area (Å²) < 4.78 is 17.1. The number of hydrogen-bond acceptors (Lipinski definition) is 5. The van der Waals surface area contributed by atoms with E-state index < -0.39 is 17.4 Å². The lowest BCUT2D eigenvalue weighted by Crippen LogP contribution is -2.13. The van der Waals surface area contributed by atoms with Crippen LogP contribution in [0.25, 0.3) is 0 Å². The van der Waals surface area contributed by atoms with Gasteiger partial charge in [-0.05, 0) is 142 Å². The van der Waals surface area contributed by atoms with Crippen molar-refractivity contribution in [2.75, 3.05) is 11.5 Å². The van der Waals surface area contributed by atoms with Crippen molar-refractivity contribution in [1.82, 2.24) is 0 Å². The van der Waals surface area contributed by atoms with Crippen LogP contribution in [0, 0.1) is 27.7 Å². The summed E-state index contributed by atoms with van der Waals surface area (Å²) in [7, 11) is -3.00. The van der Waals surface area contributed by atoms with Crippen molar-refractivity contribution < 1.29 is 29.1 Å². The molecule has 0 aliphatic rings. The van der Waals surface area contributed by atoms with Gasteiger partial charge in [0.1, 0.15) is 11.5 Å². The highest BCUT2D eigenvalue weighted by molar-refractivity contribution is 7.99. The molecule has 2 unspecified atom stereocenters. The van der Waals surface area contributed by atoms with Crippen LogP contribution in [0.15, 0.2) is 60.7 Å². The monoisotopic (exact) mass is 754 g/mol. The minimum Gasteiger partial charge on any atom is -0.507 e. The van der Waals surface area contributed by atoms with Crippen LogP contribution in [-0.4, -0.2) is 31.5 Å². The molecule has 0 spiro atoms. The molecule has 4 rings (SSSR count). The third-order valence-corrected chi connectivity index (χ3v) is 10.6. The van der Waals surface area contributed by atoms with Crippen molar-refractivity contribution in [2.24, 2.45) is 0 Å². The second kappa shape index (κ2) is 20.5. The normalized spacial score (nSPS) is 11.8. The predicted octanol–water partition coefficient (Wildman–Crippen LogP) is 9.93. The van der Waals surface area contributed by atoms with E-state index in [-0.39, 0.29) is 10.8 Å². The Morgan fingerprint density at radius 3 is 1.12 bits per heavy atom. The van der Waals surface area contributed by atoms with Crippen LogP contribution in [0.2, 0.25) is 0 Å². The molecular formula is C42H60O6P2S. The van der Waals surface area contributed by atoms with E-state index in [0.717, 1.165) is 59.4 Å². The second-order valence-electron chi connectivity index (χ2n) is 15.1. The van der Waals surface area contributed by atoms with Gasteiger partial charge in [0.25, 0.3) is 0 Å². The molecule has 0 saturated carbocycles. The first-order valence-electron chi connectivity index (χ1n) is 17.4. The van der Waals surface area contributed by atoms with E-state index in [1.54, 1.807) is 0 Å². The minimum absolute atomic E-state index is 0.108. The average Bonchev–Trinajstić information content (AvgIpc) is 3.06. The molecule has 0 radical (unpaired) electrons. The van der Waals surface area contributed by atoms with Gasteiger partial charge < -0.3 is 20.0 Å². The number of aryl methyl sites for hydroxylation is 2.